The number of hydrogen-bond donors (Lipinski definition) is 2. The number of rotatable bonds is 15. The highest BCUT2D eigenvalue weighted by atomic mass is 16.6. The number of nitrogens with one attached hydrogen (secondary N) is 1. The topological polar surface area (TPSA) is 106 Å². The molecule has 54 heavy (non-hydrogen) atoms. The summed E-state index contributed by atoms with van der Waals surface area (Å²) < 4.78 is 18.2. The van der Waals surface area contributed by atoms with Crippen LogP contribution in [0.2, 0.25) is 0 Å². The van der Waals surface area contributed by atoms with E-state index in [2.05, 4.69) is 29.6 Å². The molecule has 0 unspecified atom stereocenters. The van der Waals surface area contributed by atoms with Crippen molar-refractivity contribution in [3.63, 3.8) is 0 Å². The van der Waals surface area contributed by atoms with E-state index in [1.165, 1.54) is 0 Å². The quantitative estimate of drug-likeness (QED) is 0.0830. The Morgan fingerprint density at radius 3 is 1.91 bits per heavy atom. The number of aliphatic hydroxyl groups excluding tert-OH is 1. The molecule has 0 spiro atoms. The summed E-state index contributed by atoms with van der Waals surface area (Å²) in [5.41, 5.74) is 3.41. The van der Waals surface area contributed by atoms with Crippen molar-refractivity contribution in [2.45, 2.75) is 63.2 Å². The summed E-state index contributed by atoms with van der Waals surface area (Å²) in [6.45, 7) is 6.19. The van der Waals surface area contributed by atoms with Crippen molar-refractivity contribution in [3.05, 3.63) is 162 Å². The molecule has 8 heteroatoms. The van der Waals surface area contributed by atoms with E-state index in [1.54, 1.807) is 0 Å². The normalized spacial score (nSPS) is 16.7. The van der Waals surface area contributed by atoms with Gasteiger partial charge in [-0.05, 0) is 79.3 Å². The minimum absolute atomic E-state index is 0.0430. The van der Waals surface area contributed by atoms with Gasteiger partial charge in [-0.1, -0.05) is 115 Å². The molecule has 0 fully saturated rings. The zero-order valence-corrected chi connectivity index (χ0v) is 31.1. The van der Waals surface area contributed by atoms with Crippen molar-refractivity contribution >= 4 is 17.8 Å². The number of carbonyl (C=O) groups is 2. The summed E-state index contributed by atoms with van der Waals surface area (Å²) >= 11 is 0. The molecule has 2 N–H and O–H groups in total. The second-order valence-electron chi connectivity index (χ2n) is 14.4. The first-order valence-electron chi connectivity index (χ1n) is 18.5. The number of amides is 1. The standard InChI is InChI=1S/C46H48N2O6/c1-45(2,3)54-41(50)28-29-46(44(51)47-32-40(35-16-9-5-10-17-35)36-18-11-6-12-19-36)42(37-22-20-34(21-23-37)33-14-7-4-8-15-33)53-43(48-46)38-24-26-39(27-25-38)52-31-13-30-49/h4-12,14-27,40,42,49H,13,28-32H2,1-3H3,(H,47,51)/t42-,46-/m1/s1. The van der Waals surface area contributed by atoms with Gasteiger partial charge in [-0.3, -0.25) is 9.59 Å². The van der Waals surface area contributed by atoms with Crippen LogP contribution in [0.3, 0.4) is 0 Å². The van der Waals surface area contributed by atoms with E-state index in [4.69, 9.17) is 24.3 Å². The largest absolute Gasteiger partial charge is 0.494 e. The van der Waals surface area contributed by atoms with Gasteiger partial charge in [0, 0.05) is 37.5 Å². The van der Waals surface area contributed by atoms with Crippen molar-refractivity contribution in [2.75, 3.05) is 19.8 Å². The van der Waals surface area contributed by atoms with Crippen LogP contribution >= 0.6 is 0 Å². The van der Waals surface area contributed by atoms with Crippen LogP contribution in [0.5, 0.6) is 5.75 Å². The Kier molecular flexibility index (Phi) is 12.2. The zero-order chi connectivity index (χ0) is 38.0. The SMILES string of the molecule is CC(C)(C)OC(=O)CC[C@@]1(C(=O)NCC(c2ccccc2)c2ccccc2)N=C(c2ccc(OCCCO)cc2)O[C@@H]1c1ccc(-c2ccccc2)cc1. The van der Waals surface area contributed by atoms with Gasteiger partial charge in [0.05, 0.1) is 6.61 Å². The molecule has 0 bridgehead atoms. The number of nitrogens with zero attached hydrogens (tertiary/aromatic N) is 1. The molecule has 0 saturated heterocycles. The van der Waals surface area contributed by atoms with Gasteiger partial charge >= 0.3 is 5.97 Å². The fourth-order valence-electron chi connectivity index (χ4n) is 6.68. The van der Waals surface area contributed by atoms with Gasteiger partial charge in [0.1, 0.15) is 11.4 Å². The molecule has 278 valence electrons. The summed E-state index contributed by atoms with van der Waals surface area (Å²) in [6, 6.07) is 45.5. The van der Waals surface area contributed by atoms with Gasteiger partial charge in [-0.2, -0.15) is 0 Å². The highest BCUT2D eigenvalue weighted by molar-refractivity contribution is 6.01. The van der Waals surface area contributed by atoms with E-state index in [9.17, 15) is 9.59 Å². The molecule has 6 rings (SSSR count). The molecule has 1 amide bonds. The first-order chi connectivity index (χ1) is 26.1. The van der Waals surface area contributed by atoms with Gasteiger partial charge in [0.15, 0.2) is 11.6 Å². The van der Waals surface area contributed by atoms with E-state index in [0.29, 0.717) is 30.9 Å². The third kappa shape index (κ3) is 9.43. The number of hydrogen-bond acceptors (Lipinski definition) is 7. The summed E-state index contributed by atoms with van der Waals surface area (Å²) in [5.74, 6) is 0.0232. The van der Waals surface area contributed by atoms with Crippen LogP contribution in [0, 0.1) is 0 Å². The van der Waals surface area contributed by atoms with Crippen LogP contribution in [0.1, 0.15) is 74.3 Å². The lowest BCUT2D eigenvalue weighted by Crippen LogP contribution is -2.49. The molecule has 1 heterocycles. The Balaban J connectivity index is 1.39. The Morgan fingerprint density at radius 1 is 0.778 bits per heavy atom. The number of aliphatic hydroxyl groups is 1. The molecule has 1 aliphatic heterocycles. The van der Waals surface area contributed by atoms with Gasteiger partial charge in [0.2, 0.25) is 5.90 Å². The number of carbonyl (C=O) groups excluding carboxylic acids is 2. The Labute approximate surface area is 317 Å². The predicted molar refractivity (Wildman–Crippen MR) is 211 cm³/mol. The molecule has 0 radical (unpaired) electrons. The lowest BCUT2D eigenvalue weighted by atomic mass is 9.82. The van der Waals surface area contributed by atoms with Gasteiger partial charge in [-0.25, -0.2) is 4.99 Å². The highest BCUT2D eigenvalue weighted by Gasteiger charge is 2.53. The summed E-state index contributed by atoms with van der Waals surface area (Å²) in [5, 5.41) is 12.4. The molecule has 8 nitrogen and oxygen atoms in total. The smallest absolute Gasteiger partial charge is 0.306 e. The fourth-order valence-corrected chi connectivity index (χ4v) is 6.68. The van der Waals surface area contributed by atoms with Crippen LogP contribution in [-0.4, -0.2) is 53.8 Å². The van der Waals surface area contributed by atoms with E-state index >= 15 is 0 Å². The molecule has 2 atom stereocenters. The molecule has 1 aliphatic rings. The molecule has 0 aliphatic carbocycles. The molecule has 0 aromatic heterocycles. The first-order valence-corrected chi connectivity index (χ1v) is 18.5. The maximum Gasteiger partial charge on any atom is 0.306 e. The van der Waals surface area contributed by atoms with Crippen molar-refractivity contribution in [1.29, 1.82) is 0 Å². The van der Waals surface area contributed by atoms with Crippen molar-refractivity contribution in [1.82, 2.24) is 5.32 Å². The average molecular weight is 725 g/mol. The average Bonchev–Trinajstić information content (AvgIpc) is 3.59. The van der Waals surface area contributed by atoms with Crippen LogP contribution < -0.4 is 10.1 Å². The van der Waals surface area contributed by atoms with Gasteiger partial charge < -0.3 is 24.6 Å². The summed E-state index contributed by atoms with van der Waals surface area (Å²) in [6.07, 6.45) is -0.340. The zero-order valence-electron chi connectivity index (χ0n) is 31.1. The van der Waals surface area contributed by atoms with Crippen LogP contribution in [0.25, 0.3) is 11.1 Å². The van der Waals surface area contributed by atoms with Gasteiger partial charge in [-0.15, -0.1) is 0 Å². The maximum absolute atomic E-state index is 15.0. The second-order valence-corrected chi connectivity index (χ2v) is 14.4. The lowest BCUT2D eigenvalue weighted by Gasteiger charge is -2.32. The Hall–Kier alpha value is -5.73. The third-order valence-corrected chi connectivity index (χ3v) is 9.35. The Bertz CT molecular complexity index is 1950. The van der Waals surface area contributed by atoms with Crippen LogP contribution in [0.15, 0.2) is 145 Å². The minimum Gasteiger partial charge on any atom is -0.494 e. The van der Waals surface area contributed by atoms with Crippen LogP contribution in [-0.2, 0) is 19.1 Å². The number of esters is 1. The summed E-state index contributed by atoms with van der Waals surface area (Å²) in [7, 11) is 0. The van der Waals surface area contributed by atoms with E-state index in [0.717, 1.165) is 27.8 Å². The van der Waals surface area contributed by atoms with Crippen molar-refractivity contribution in [3.8, 4) is 16.9 Å². The molecular formula is C46H48N2O6. The molecule has 5 aromatic carbocycles. The minimum atomic E-state index is -1.52. The second kappa shape index (κ2) is 17.4. The van der Waals surface area contributed by atoms with E-state index in [1.807, 2.05) is 136 Å². The molecule has 0 saturated carbocycles. The first kappa shape index (κ1) is 38.0. The maximum atomic E-state index is 15.0. The van der Waals surface area contributed by atoms with Crippen molar-refractivity contribution < 1.29 is 28.9 Å². The number of ether oxygens (including phenoxy) is 3. The Morgan fingerprint density at radius 2 is 1.33 bits per heavy atom. The third-order valence-electron chi connectivity index (χ3n) is 9.35. The number of aliphatic imine (C=N–C) groups is 1. The summed E-state index contributed by atoms with van der Waals surface area (Å²) in [4.78, 5) is 33.4. The van der Waals surface area contributed by atoms with Crippen LogP contribution in [0.4, 0.5) is 0 Å². The highest BCUT2D eigenvalue weighted by Crippen LogP contribution is 2.44. The molecule has 5 aromatic rings. The monoisotopic (exact) mass is 724 g/mol. The van der Waals surface area contributed by atoms with Crippen molar-refractivity contribution in [2.24, 2.45) is 4.99 Å². The van der Waals surface area contributed by atoms with Gasteiger partial charge in [0.25, 0.3) is 5.91 Å². The number of benzene rings is 5. The predicted octanol–water partition coefficient (Wildman–Crippen LogP) is 8.44. The lowest BCUT2D eigenvalue weighted by molar-refractivity contribution is -0.155. The molecular weight excluding hydrogens is 677 g/mol. The van der Waals surface area contributed by atoms with E-state index in [-0.39, 0.29) is 37.2 Å². The fraction of sp³-hybridized carbons (Fsp3) is 0.283. The van der Waals surface area contributed by atoms with E-state index < -0.39 is 23.2 Å².